The summed E-state index contributed by atoms with van der Waals surface area (Å²) in [6.07, 6.45) is 4.65. The van der Waals surface area contributed by atoms with E-state index in [1.807, 2.05) is 0 Å². The Bertz CT molecular complexity index is 397. The molecule has 1 aromatic rings. The van der Waals surface area contributed by atoms with Crippen LogP contribution in [0.5, 0.6) is 0 Å². The standard InChI is InChI=1S/C13H19FN2O2/c1-2-3-4-5-6-15-10-11-7-12(14)9-13(8-11)16(17)18/h7-9,15H,2-6,10H2,1H3. The molecule has 4 nitrogen and oxygen atoms in total. The van der Waals surface area contributed by atoms with Crippen LogP contribution in [0.15, 0.2) is 18.2 Å². The number of nitro groups is 1. The average molecular weight is 254 g/mol. The van der Waals surface area contributed by atoms with Crippen LogP contribution in [0, 0.1) is 15.9 Å². The molecule has 0 aromatic heterocycles. The molecule has 0 unspecified atom stereocenters. The molecule has 0 aliphatic carbocycles. The highest BCUT2D eigenvalue weighted by Crippen LogP contribution is 2.16. The molecule has 0 saturated carbocycles. The second-order valence-corrected chi connectivity index (χ2v) is 4.31. The van der Waals surface area contributed by atoms with Gasteiger partial charge in [0.2, 0.25) is 0 Å². The molecule has 1 aromatic carbocycles. The van der Waals surface area contributed by atoms with Crippen molar-refractivity contribution >= 4 is 5.69 Å². The highest BCUT2D eigenvalue weighted by atomic mass is 19.1. The number of nitro benzene ring substituents is 1. The van der Waals surface area contributed by atoms with E-state index in [-0.39, 0.29) is 5.69 Å². The Morgan fingerprint density at radius 3 is 2.72 bits per heavy atom. The number of hydrogen-bond acceptors (Lipinski definition) is 3. The van der Waals surface area contributed by atoms with Crippen molar-refractivity contribution in [3.05, 3.63) is 39.7 Å². The largest absolute Gasteiger partial charge is 0.313 e. The van der Waals surface area contributed by atoms with Gasteiger partial charge in [-0.1, -0.05) is 26.2 Å². The quantitative estimate of drug-likeness (QED) is 0.439. The van der Waals surface area contributed by atoms with Crippen LogP contribution in [-0.2, 0) is 6.54 Å². The molecule has 0 aliphatic heterocycles. The Morgan fingerprint density at radius 2 is 2.06 bits per heavy atom. The van der Waals surface area contributed by atoms with Crippen molar-refractivity contribution in [3.8, 4) is 0 Å². The zero-order valence-electron chi connectivity index (χ0n) is 10.6. The van der Waals surface area contributed by atoms with E-state index in [0.29, 0.717) is 12.1 Å². The average Bonchev–Trinajstić information content (AvgIpc) is 2.33. The molecule has 0 atom stereocenters. The Labute approximate surface area is 106 Å². The molecule has 0 fully saturated rings. The summed E-state index contributed by atoms with van der Waals surface area (Å²) in [5.74, 6) is -0.563. The SMILES string of the molecule is CCCCCCNCc1cc(F)cc([N+](=O)[O-])c1. The lowest BCUT2D eigenvalue weighted by molar-refractivity contribution is -0.385. The van der Waals surface area contributed by atoms with Crippen molar-refractivity contribution in [1.29, 1.82) is 0 Å². The Balaban J connectivity index is 2.40. The van der Waals surface area contributed by atoms with E-state index in [4.69, 9.17) is 0 Å². The first-order chi connectivity index (χ1) is 8.63. The van der Waals surface area contributed by atoms with Crippen LogP contribution in [-0.4, -0.2) is 11.5 Å². The van der Waals surface area contributed by atoms with Gasteiger partial charge >= 0.3 is 0 Å². The molecule has 0 amide bonds. The molecule has 100 valence electrons. The van der Waals surface area contributed by atoms with Gasteiger partial charge in [0, 0.05) is 12.6 Å². The highest BCUT2D eigenvalue weighted by Gasteiger charge is 2.09. The summed E-state index contributed by atoms with van der Waals surface area (Å²) < 4.78 is 13.1. The number of nitrogens with one attached hydrogen (secondary N) is 1. The third-order valence-corrected chi connectivity index (χ3v) is 2.69. The van der Waals surface area contributed by atoms with Gasteiger partial charge in [-0.25, -0.2) is 4.39 Å². The van der Waals surface area contributed by atoms with Gasteiger partial charge < -0.3 is 5.32 Å². The second-order valence-electron chi connectivity index (χ2n) is 4.31. The summed E-state index contributed by atoms with van der Waals surface area (Å²) in [5.41, 5.74) is 0.412. The molecule has 18 heavy (non-hydrogen) atoms. The van der Waals surface area contributed by atoms with E-state index in [0.717, 1.165) is 19.0 Å². The first-order valence-corrected chi connectivity index (χ1v) is 6.28. The van der Waals surface area contributed by atoms with E-state index in [1.54, 1.807) is 0 Å². The van der Waals surface area contributed by atoms with Crippen LogP contribution in [0.1, 0.15) is 38.2 Å². The first kappa shape index (κ1) is 14.6. The normalized spacial score (nSPS) is 10.6. The molecule has 0 spiro atoms. The summed E-state index contributed by atoms with van der Waals surface area (Å²) in [6, 6.07) is 3.67. The number of hydrogen-bond donors (Lipinski definition) is 1. The van der Waals surface area contributed by atoms with Crippen LogP contribution in [0.4, 0.5) is 10.1 Å². The lowest BCUT2D eigenvalue weighted by Gasteiger charge is -2.05. The molecule has 0 aliphatic rings. The minimum atomic E-state index is -0.576. The number of benzene rings is 1. The topological polar surface area (TPSA) is 55.2 Å². The Kier molecular flexibility index (Phi) is 6.28. The third-order valence-electron chi connectivity index (χ3n) is 2.69. The van der Waals surface area contributed by atoms with E-state index in [1.165, 1.54) is 31.4 Å². The maximum atomic E-state index is 13.1. The van der Waals surface area contributed by atoms with Crippen molar-refractivity contribution in [2.75, 3.05) is 6.54 Å². The molecule has 0 saturated heterocycles. The van der Waals surface area contributed by atoms with Gasteiger partial charge in [0.05, 0.1) is 11.0 Å². The molecule has 0 bridgehead atoms. The number of nitrogens with zero attached hydrogens (tertiary/aromatic N) is 1. The summed E-state index contributed by atoms with van der Waals surface area (Å²) in [6.45, 7) is 3.47. The van der Waals surface area contributed by atoms with E-state index in [2.05, 4.69) is 12.2 Å². The third kappa shape index (κ3) is 5.23. The fourth-order valence-electron chi connectivity index (χ4n) is 1.75. The van der Waals surface area contributed by atoms with Crippen LogP contribution < -0.4 is 5.32 Å². The fraction of sp³-hybridized carbons (Fsp3) is 0.538. The van der Waals surface area contributed by atoms with Gasteiger partial charge in [0.1, 0.15) is 5.82 Å². The Hall–Kier alpha value is -1.49. The lowest BCUT2D eigenvalue weighted by Crippen LogP contribution is -2.14. The molecule has 5 heteroatoms. The van der Waals surface area contributed by atoms with Crippen LogP contribution in [0.2, 0.25) is 0 Å². The summed E-state index contributed by atoms with van der Waals surface area (Å²) in [4.78, 5) is 10.00. The maximum absolute atomic E-state index is 13.1. The maximum Gasteiger partial charge on any atom is 0.272 e. The minimum absolute atomic E-state index is 0.196. The zero-order chi connectivity index (χ0) is 13.4. The van der Waals surface area contributed by atoms with Crippen LogP contribution in [0.3, 0.4) is 0 Å². The van der Waals surface area contributed by atoms with Gasteiger partial charge in [-0.05, 0) is 24.6 Å². The predicted molar refractivity (Wildman–Crippen MR) is 68.9 cm³/mol. The van der Waals surface area contributed by atoms with Gasteiger partial charge in [-0.3, -0.25) is 10.1 Å². The van der Waals surface area contributed by atoms with Crippen molar-refractivity contribution in [2.24, 2.45) is 0 Å². The smallest absolute Gasteiger partial charge is 0.272 e. The summed E-state index contributed by atoms with van der Waals surface area (Å²) >= 11 is 0. The minimum Gasteiger partial charge on any atom is -0.313 e. The van der Waals surface area contributed by atoms with Gasteiger partial charge in [-0.15, -0.1) is 0 Å². The summed E-state index contributed by atoms with van der Waals surface area (Å²) in [5, 5.41) is 13.7. The van der Waals surface area contributed by atoms with Crippen molar-refractivity contribution in [2.45, 2.75) is 39.2 Å². The number of halogens is 1. The fourth-order valence-corrected chi connectivity index (χ4v) is 1.75. The molecular weight excluding hydrogens is 235 g/mol. The van der Waals surface area contributed by atoms with E-state index < -0.39 is 10.7 Å². The number of non-ortho nitro benzene ring substituents is 1. The van der Waals surface area contributed by atoms with E-state index >= 15 is 0 Å². The highest BCUT2D eigenvalue weighted by molar-refractivity contribution is 5.35. The Morgan fingerprint density at radius 1 is 1.28 bits per heavy atom. The predicted octanol–water partition coefficient (Wildman–Crippen LogP) is 3.40. The van der Waals surface area contributed by atoms with Crippen molar-refractivity contribution < 1.29 is 9.31 Å². The lowest BCUT2D eigenvalue weighted by atomic mass is 10.2. The molecule has 1 rings (SSSR count). The van der Waals surface area contributed by atoms with Crippen molar-refractivity contribution in [3.63, 3.8) is 0 Å². The van der Waals surface area contributed by atoms with Gasteiger partial charge in [0.15, 0.2) is 0 Å². The summed E-state index contributed by atoms with van der Waals surface area (Å²) in [7, 11) is 0. The van der Waals surface area contributed by atoms with E-state index in [9.17, 15) is 14.5 Å². The molecule has 1 N–H and O–H groups in total. The second kappa shape index (κ2) is 7.76. The molecule has 0 radical (unpaired) electrons. The van der Waals surface area contributed by atoms with Crippen LogP contribution in [0.25, 0.3) is 0 Å². The van der Waals surface area contributed by atoms with Gasteiger partial charge in [-0.2, -0.15) is 0 Å². The van der Waals surface area contributed by atoms with Crippen molar-refractivity contribution in [1.82, 2.24) is 5.32 Å². The monoisotopic (exact) mass is 254 g/mol. The number of unbranched alkanes of at least 4 members (excludes halogenated alkanes) is 3. The van der Waals surface area contributed by atoms with Gasteiger partial charge in [0.25, 0.3) is 5.69 Å². The number of rotatable bonds is 8. The molecule has 0 heterocycles. The first-order valence-electron chi connectivity index (χ1n) is 6.28. The zero-order valence-corrected chi connectivity index (χ0v) is 10.6. The molecular formula is C13H19FN2O2. The van der Waals surface area contributed by atoms with Crippen LogP contribution >= 0.6 is 0 Å².